The van der Waals surface area contributed by atoms with Gasteiger partial charge >= 0.3 is 0 Å². The van der Waals surface area contributed by atoms with E-state index in [2.05, 4.69) is 5.10 Å². The van der Waals surface area contributed by atoms with Crippen LogP contribution in [0.25, 0.3) is 0 Å². The normalized spacial score (nSPS) is 23.8. The molecule has 0 radical (unpaired) electrons. The Morgan fingerprint density at radius 2 is 1.94 bits per heavy atom. The molecule has 1 heterocycles. The predicted octanol–water partition coefficient (Wildman–Crippen LogP) is 0.497. The Morgan fingerprint density at radius 3 is 2.41 bits per heavy atom. The largest absolute Gasteiger partial charge is 0.312 e. The molecule has 1 aliphatic heterocycles. The Kier molecular flexibility index (Phi) is 2.55. The van der Waals surface area contributed by atoms with Gasteiger partial charge in [0.05, 0.1) is 5.71 Å². The van der Waals surface area contributed by atoms with Crippen LogP contribution in [0.1, 0.15) is 19.4 Å². The number of hydrazone groups is 1. The minimum absolute atomic E-state index is 0.415. The van der Waals surface area contributed by atoms with Crippen LogP contribution < -0.4 is 5.73 Å². The van der Waals surface area contributed by atoms with Crippen LogP contribution in [0.2, 0.25) is 0 Å². The SMILES string of the molecule is CC(=O)N1N=C(c2ccccc2)C(C)(N)C1=O. The highest BCUT2D eigenvalue weighted by Gasteiger charge is 2.46. The van der Waals surface area contributed by atoms with E-state index in [1.54, 1.807) is 19.1 Å². The maximum atomic E-state index is 11.9. The Hall–Kier alpha value is -2.01. The van der Waals surface area contributed by atoms with Gasteiger partial charge in [0, 0.05) is 12.5 Å². The van der Waals surface area contributed by atoms with E-state index in [0.29, 0.717) is 5.71 Å². The molecular weight excluding hydrogens is 218 g/mol. The highest BCUT2D eigenvalue weighted by Crippen LogP contribution is 2.22. The van der Waals surface area contributed by atoms with Gasteiger partial charge in [-0.05, 0) is 6.92 Å². The molecule has 1 aromatic rings. The predicted molar refractivity (Wildman–Crippen MR) is 63.1 cm³/mol. The molecule has 0 aliphatic carbocycles. The summed E-state index contributed by atoms with van der Waals surface area (Å²) < 4.78 is 0. The van der Waals surface area contributed by atoms with Gasteiger partial charge in [-0.3, -0.25) is 9.59 Å². The van der Waals surface area contributed by atoms with Crippen molar-refractivity contribution in [1.82, 2.24) is 5.01 Å². The van der Waals surface area contributed by atoms with Gasteiger partial charge in [-0.2, -0.15) is 10.1 Å². The third-order valence-electron chi connectivity index (χ3n) is 2.67. The van der Waals surface area contributed by atoms with Crippen molar-refractivity contribution in [3.8, 4) is 0 Å². The third-order valence-corrected chi connectivity index (χ3v) is 2.67. The van der Waals surface area contributed by atoms with E-state index in [1.165, 1.54) is 6.92 Å². The van der Waals surface area contributed by atoms with Crippen molar-refractivity contribution in [2.24, 2.45) is 10.8 Å². The first-order chi connectivity index (χ1) is 7.94. The standard InChI is InChI=1S/C12H13N3O2/c1-8(16)15-11(17)12(2,13)10(14-15)9-6-4-3-5-7-9/h3-7H,13H2,1-2H3. The zero-order valence-corrected chi connectivity index (χ0v) is 9.68. The first kappa shape index (κ1) is 11.5. The Balaban J connectivity index is 2.50. The van der Waals surface area contributed by atoms with E-state index >= 15 is 0 Å². The number of hydrogen-bond acceptors (Lipinski definition) is 4. The smallest absolute Gasteiger partial charge is 0.275 e. The fraction of sp³-hybridized carbons (Fsp3) is 0.250. The lowest BCUT2D eigenvalue weighted by Gasteiger charge is -2.18. The Labute approximate surface area is 98.9 Å². The molecule has 0 saturated carbocycles. The van der Waals surface area contributed by atoms with E-state index in [4.69, 9.17) is 5.73 Å². The van der Waals surface area contributed by atoms with E-state index in [1.807, 2.05) is 18.2 Å². The molecule has 0 spiro atoms. The van der Waals surface area contributed by atoms with Gasteiger partial charge in [0.1, 0.15) is 5.54 Å². The molecular formula is C12H13N3O2. The zero-order valence-electron chi connectivity index (χ0n) is 9.68. The second-order valence-corrected chi connectivity index (χ2v) is 4.15. The van der Waals surface area contributed by atoms with Crippen LogP contribution in [0.15, 0.2) is 35.4 Å². The minimum atomic E-state index is -1.26. The summed E-state index contributed by atoms with van der Waals surface area (Å²) in [6.07, 6.45) is 0. The fourth-order valence-corrected chi connectivity index (χ4v) is 1.74. The summed E-state index contributed by atoms with van der Waals surface area (Å²) in [7, 11) is 0. The van der Waals surface area contributed by atoms with Gasteiger partial charge in [-0.15, -0.1) is 0 Å². The quantitative estimate of drug-likeness (QED) is 0.764. The number of rotatable bonds is 1. The van der Waals surface area contributed by atoms with Crippen LogP contribution in [0.4, 0.5) is 0 Å². The molecule has 0 aromatic heterocycles. The second kappa shape index (κ2) is 3.78. The molecule has 1 aromatic carbocycles. The molecule has 0 saturated heterocycles. The van der Waals surface area contributed by atoms with E-state index in [9.17, 15) is 9.59 Å². The lowest BCUT2D eigenvalue weighted by atomic mass is 9.91. The summed E-state index contributed by atoms with van der Waals surface area (Å²) >= 11 is 0. The Morgan fingerprint density at radius 1 is 1.35 bits per heavy atom. The molecule has 2 rings (SSSR count). The summed E-state index contributed by atoms with van der Waals surface area (Å²) in [5.41, 5.74) is 5.85. The zero-order chi connectivity index (χ0) is 12.6. The molecule has 0 fully saturated rings. The topological polar surface area (TPSA) is 75.8 Å². The molecule has 0 bridgehead atoms. The molecule has 5 heteroatoms. The van der Waals surface area contributed by atoms with Crippen LogP contribution in [-0.2, 0) is 9.59 Å². The number of benzene rings is 1. The highest BCUT2D eigenvalue weighted by atomic mass is 16.2. The van der Waals surface area contributed by atoms with Gasteiger partial charge in [0.25, 0.3) is 5.91 Å². The summed E-state index contributed by atoms with van der Waals surface area (Å²) in [5.74, 6) is -0.929. The lowest BCUT2D eigenvalue weighted by Crippen LogP contribution is -2.52. The van der Waals surface area contributed by atoms with Crippen LogP contribution in [0.3, 0.4) is 0 Å². The van der Waals surface area contributed by atoms with Gasteiger partial charge in [0.2, 0.25) is 5.91 Å². The van der Waals surface area contributed by atoms with Crippen molar-refractivity contribution < 1.29 is 9.59 Å². The molecule has 1 atom stereocenters. The van der Waals surface area contributed by atoms with Gasteiger partial charge in [0.15, 0.2) is 0 Å². The summed E-state index contributed by atoms with van der Waals surface area (Å²) in [6, 6.07) is 9.13. The van der Waals surface area contributed by atoms with Crippen molar-refractivity contribution in [1.29, 1.82) is 0 Å². The highest BCUT2D eigenvalue weighted by molar-refractivity contribution is 6.25. The van der Waals surface area contributed by atoms with E-state index < -0.39 is 17.4 Å². The van der Waals surface area contributed by atoms with Crippen LogP contribution >= 0.6 is 0 Å². The maximum absolute atomic E-state index is 11.9. The van der Waals surface area contributed by atoms with Crippen molar-refractivity contribution in [2.45, 2.75) is 19.4 Å². The van der Waals surface area contributed by atoms with Crippen molar-refractivity contribution in [3.63, 3.8) is 0 Å². The van der Waals surface area contributed by atoms with Crippen LogP contribution in [-0.4, -0.2) is 28.1 Å². The summed E-state index contributed by atoms with van der Waals surface area (Å²) in [6.45, 7) is 2.84. The molecule has 17 heavy (non-hydrogen) atoms. The third kappa shape index (κ3) is 1.74. The van der Waals surface area contributed by atoms with Crippen molar-refractivity contribution in [3.05, 3.63) is 35.9 Å². The summed E-state index contributed by atoms with van der Waals surface area (Å²) in [5, 5.41) is 4.84. The number of imide groups is 1. The molecule has 5 nitrogen and oxygen atoms in total. The van der Waals surface area contributed by atoms with E-state index in [-0.39, 0.29) is 0 Å². The molecule has 1 unspecified atom stereocenters. The number of hydrogen-bond donors (Lipinski definition) is 1. The lowest BCUT2D eigenvalue weighted by molar-refractivity contribution is -0.143. The van der Waals surface area contributed by atoms with Gasteiger partial charge < -0.3 is 5.73 Å². The minimum Gasteiger partial charge on any atom is -0.312 e. The maximum Gasteiger partial charge on any atom is 0.275 e. The fourth-order valence-electron chi connectivity index (χ4n) is 1.74. The monoisotopic (exact) mass is 231 g/mol. The van der Waals surface area contributed by atoms with Crippen LogP contribution in [0.5, 0.6) is 0 Å². The molecule has 88 valence electrons. The average molecular weight is 231 g/mol. The number of amides is 2. The average Bonchev–Trinajstić information content (AvgIpc) is 2.52. The Bertz CT molecular complexity index is 506. The van der Waals surface area contributed by atoms with Gasteiger partial charge in [-0.1, -0.05) is 30.3 Å². The number of nitrogens with zero attached hydrogens (tertiary/aromatic N) is 2. The van der Waals surface area contributed by atoms with Crippen molar-refractivity contribution >= 4 is 17.5 Å². The first-order valence-corrected chi connectivity index (χ1v) is 5.23. The molecule has 1 aliphatic rings. The van der Waals surface area contributed by atoms with Gasteiger partial charge in [-0.25, -0.2) is 0 Å². The molecule has 2 amide bonds. The van der Waals surface area contributed by atoms with Crippen LogP contribution in [0, 0.1) is 0 Å². The number of nitrogens with two attached hydrogens (primary N) is 1. The molecule has 2 N–H and O–H groups in total. The van der Waals surface area contributed by atoms with Crippen molar-refractivity contribution in [2.75, 3.05) is 0 Å². The number of carbonyl (C=O) groups is 2. The summed E-state index contributed by atoms with van der Waals surface area (Å²) in [4.78, 5) is 23.2. The first-order valence-electron chi connectivity index (χ1n) is 5.23. The number of carbonyl (C=O) groups excluding carboxylic acids is 2. The van der Waals surface area contributed by atoms with E-state index in [0.717, 1.165) is 10.6 Å². The second-order valence-electron chi connectivity index (χ2n) is 4.15.